The van der Waals surface area contributed by atoms with Crippen LogP contribution in [0.1, 0.15) is 37.6 Å². The lowest BCUT2D eigenvalue weighted by Crippen LogP contribution is -2.45. The molecule has 19 heavy (non-hydrogen) atoms. The van der Waals surface area contributed by atoms with E-state index in [2.05, 4.69) is 42.9 Å². The summed E-state index contributed by atoms with van der Waals surface area (Å²) >= 11 is 1.74. The minimum Gasteiger partial charge on any atom is -0.351 e. The summed E-state index contributed by atoms with van der Waals surface area (Å²) in [6.45, 7) is 8.88. The molecular formula is C15H24N2OS. The maximum atomic E-state index is 12.6. The van der Waals surface area contributed by atoms with Gasteiger partial charge in [0, 0.05) is 11.4 Å². The van der Waals surface area contributed by atoms with Crippen LogP contribution in [0, 0.1) is 11.3 Å². The van der Waals surface area contributed by atoms with Crippen molar-refractivity contribution in [2.45, 2.75) is 40.2 Å². The average molecular weight is 280 g/mol. The molecule has 1 amide bonds. The van der Waals surface area contributed by atoms with E-state index in [-0.39, 0.29) is 11.3 Å². The van der Waals surface area contributed by atoms with E-state index in [0.29, 0.717) is 12.5 Å². The van der Waals surface area contributed by atoms with Crippen LogP contribution in [0.15, 0.2) is 11.4 Å². The summed E-state index contributed by atoms with van der Waals surface area (Å²) in [6, 6.07) is 2.15. The number of aryl methyl sites for hydroxylation is 1. The third-order valence-electron chi connectivity index (χ3n) is 4.37. The first kappa shape index (κ1) is 14.5. The second-order valence-electron chi connectivity index (χ2n) is 5.64. The molecule has 1 unspecified atom stereocenters. The lowest BCUT2D eigenvalue weighted by atomic mass is 9.75. The van der Waals surface area contributed by atoms with Crippen LogP contribution in [0.3, 0.4) is 0 Å². The van der Waals surface area contributed by atoms with Gasteiger partial charge in [0.2, 0.25) is 5.91 Å². The Kier molecular flexibility index (Phi) is 4.63. The topological polar surface area (TPSA) is 41.1 Å². The van der Waals surface area contributed by atoms with Gasteiger partial charge in [0.05, 0.1) is 12.0 Å². The number of amides is 1. The lowest BCUT2D eigenvalue weighted by Gasteiger charge is -2.31. The van der Waals surface area contributed by atoms with Crippen molar-refractivity contribution >= 4 is 17.2 Å². The smallest absolute Gasteiger partial charge is 0.228 e. The van der Waals surface area contributed by atoms with E-state index < -0.39 is 0 Å². The molecule has 0 aromatic carbocycles. The van der Waals surface area contributed by atoms with Crippen LogP contribution in [-0.2, 0) is 17.8 Å². The highest BCUT2D eigenvalue weighted by Crippen LogP contribution is 2.34. The van der Waals surface area contributed by atoms with Crippen molar-refractivity contribution in [2.75, 3.05) is 13.1 Å². The zero-order valence-electron chi connectivity index (χ0n) is 12.1. The standard InChI is InChI=1S/C15H24N2OS/c1-4-12-5-8-19-13(12)9-17-14(18)15(11(2)3)6-7-16-10-15/h5,8,11,16H,4,6-7,9-10H2,1-3H3,(H,17,18). The lowest BCUT2D eigenvalue weighted by molar-refractivity contribution is -0.132. The maximum Gasteiger partial charge on any atom is 0.228 e. The Bertz CT molecular complexity index is 433. The molecule has 1 aromatic heterocycles. The van der Waals surface area contributed by atoms with Crippen LogP contribution in [-0.4, -0.2) is 19.0 Å². The molecule has 1 aliphatic heterocycles. The molecule has 1 saturated heterocycles. The average Bonchev–Trinajstić information content (AvgIpc) is 3.05. The van der Waals surface area contributed by atoms with Gasteiger partial charge in [0.15, 0.2) is 0 Å². The van der Waals surface area contributed by atoms with Gasteiger partial charge in [-0.25, -0.2) is 0 Å². The first-order chi connectivity index (χ1) is 9.10. The summed E-state index contributed by atoms with van der Waals surface area (Å²) in [6.07, 6.45) is 1.98. The van der Waals surface area contributed by atoms with E-state index >= 15 is 0 Å². The first-order valence-corrected chi connectivity index (χ1v) is 8.02. The Hall–Kier alpha value is -0.870. The van der Waals surface area contributed by atoms with Crippen molar-refractivity contribution in [3.8, 4) is 0 Å². The molecule has 0 radical (unpaired) electrons. The summed E-state index contributed by atoms with van der Waals surface area (Å²) in [5, 5.41) is 8.60. The predicted octanol–water partition coefficient (Wildman–Crippen LogP) is 2.56. The summed E-state index contributed by atoms with van der Waals surface area (Å²) < 4.78 is 0. The minimum absolute atomic E-state index is 0.211. The summed E-state index contributed by atoms with van der Waals surface area (Å²) in [5.74, 6) is 0.583. The summed E-state index contributed by atoms with van der Waals surface area (Å²) in [5.41, 5.74) is 1.14. The van der Waals surface area contributed by atoms with Gasteiger partial charge in [-0.3, -0.25) is 4.79 Å². The molecule has 4 heteroatoms. The van der Waals surface area contributed by atoms with Gasteiger partial charge < -0.3 is 10.6 Å². The Morgan fingerprint density at radius 1 is 1.58 bits per heavy atom. The summed E-state index contributed by atoms with van der Waals surface area (Å²) in [7, 11) is 0. The fourth-order valence-corrected chi connectivity index (χ4v) is 3.75. The fraction of sp³-hybridized carbons (Fsp3) is 0.667. The van der Waals surface area contributed by atoms with E-state index in [9.17, 15) is 4.79 Å². The molecule has 1 aromatic rings. The van der Waals surface area contributed by atoms with Gasteiger partial charge in [-0.1, -0.05) is 20.8 Å². The minimum atomic E-state index is -0.219. The van der Waals surface area contributed by atoms with Gasteiger partial charge >= 0.3 is 0 Å². The van der Waals surface area contributed by atoms with E-state index in [1.54, 1.807) is 11.3 Å². The molecule has 1 aliphatic rings. The normalized spacial score (nSPS) is 22.9. The van der Waals surface area contributed by atoms with Crippen molar-refractivity contribution in [3.63, 3.8) is 0 Å². The van der Waals surface area contributed by atoms with E-state index in [1.807, 2.05) is 0 Å². The van der Waals surface area contributed by atoms with Crippen molar-refractivity contribution in [1.29, 1.82) is 0 Å². The molecule has 0 bridgehead atoms. The monoisotopic (exact) mass is 280 g/mol. The Labute approximate surface area is 119 Å². The zero-order valence-corrected chi connectivity index (χ0v) is 12.9. The number of hydrogen-bond acceptors (Lipinski definition) is 3. The quantitative estimate of drug-likeness (QED) is 0.870. The fourth-order valence-electron chi connectivity index (χ4n) is 2.83. The molecule has 2 N–H and O–H groups in total. The van der Waals surface area contributed by atoms with E-state index in [1.165, 1.54) is 10.4 Å². The SMILES string of the molecule is CCc1ccsc1CNC(=O)C1(C(C)C)CCNC1. The predicted molar refractivity (Wildman–Crippen MR) is 80.3 cm³/mol. The maximum absolute atomic E-state index is 12.6. The molecule has 0 aliphatic carbocycles. The number of hydrogen-bond donors (Lipinski definition) is 2. The first-order valence-electron chi connectivity index (χ1n) is 7.14. The highest BCUT2D eigenvalue weighted by Gasteiger charge is 2.43. The summed E-state index contributed by atoms with van der Waals surface area (Å²) in [4.78, 5) is 13.8. The number of carbonyl (C=O) groups excluding carboxylic acids is 1. The Morgan fingerprint density at radius 3 is 2.95 bits per heavy atom. The molecular weight excluding hydrogens is 256 g/mol. The molecule has 0 saturated carbocycles. The number of rotatable bonds is 5. The van der Waals surface area contributed by atoms with Crippen LogP contribution >= 0.6 is 11.3 Å². The van der Waals surface area contributed by atoms with Crippen LogP contribution in [0.2, 0.25) is 0 Å². The molecule has 106 valence electrons. The molecule has 1 fully saturated rings. The zero-order chi connectivity index (χ0) is 13.9. The van der Waals surface area contributed by atoms with Gasteiger partial charge in [-0.15, -0.1) is 11.3 Å². The largest absolute Gasteiger partial charge is 0.351 e. The van der Waals surface area contributed by atoms with E-state index in [4.69, 9.17) is 0 Å². The highest BCUT2D eigenvalue weighted by molar-refractivity contribution is 7.10. The Morgan fingerprint density at radius 2 is 2.37 bits per heavy atom. The molecule has 1 atom stereocenters. The van der Waals surface area contributed by atoms with Crippen LogP contribution in [0.5, 0.6) is 0 Å². The van der Waals surface area contributed by atoms with Crippen molar-refractivity contribution in [2.24, 2.45) is 11.3 Å². The second-order valence-corrected chi connectivity index (χ2v) is 6.64. The van der Waals surface area contributed by atoms with Crippen molar-refractivity contribution < 1.29 is 4.79 Å². The van der Waals surface area contributed by atoms with Gasteiger partial charge in [0.25, 0.3) is 0 Å². The highest BCUT2D eigenvalue weighted by atomic mass is 32.1. The van der Waals surface area contributed by atoms with Gasteiger partial charge in [0.1, 0.15) is 0 Å². The number of nitrogens with one attached hydrogen (secondary N) is 2. The van der Waals surface area contributed by atoms with Gasteiger partial charge in [-0.05, 0) is 42.3 Å². The van der Waals surface area contributed by atoms with Gasteiger partial charge in [-0.2, -0.15) is 0 Å². The second kappa shape index (κ2) is 6.06. The third kappa shape index (κ3) is 2.84. The molecule has 0 spiro atoms. The number of carbonyl (C=O) groups is 1. The molecule has 2 rings (SSSR count). The van der Waals surface area contributed by atoms with Crippen LogP contribution in [0.4, 0.5) is 0 Å². The Balaban J connectivity index is 2.01. The van der Waals surface area contributed by atoms with Crippen LogP contribution in [0.25, 0.3) is 0 Å². The van der Waals surface area contributed by atoms with Crippen molar-refractivity contribution in [1.82, 2.24) is 10.6 Å². The third-order valence-corrected chi connectivity index (χ3v) is 5.34. The van der Waals surface area contributed by atoms with Crippen molar-refractivity contribution in [3.05, 3.63) is 21.9 Å². The molecule has 2 heterocycles. The number of thiophene rings is 1. The van der Waals surface area contributed by atoms with E-state index in [0.717, 1.165) is 25.9 Å². The van der Waals surface area contributed by atoms with Crippen LogP contribution < -0.4 is 10.6 Å². The molecule has 3 nitrogen and oxygen atoms in total.